The fourth-order valence-electron chi connectivity index (χ4n) is 1.31. The van der Waals surface area contributed by atoms with Gasteiger partial charge in [-0.15, -0.1) is 0 Å². The lowest BCUT2D eigenvalue weighted by atomic mass is 10.2. The summed E-state index contributed by atoms with van der Waals surface area (Å²) in [5.41, 5.74) is 0. The minimum atomic E-state index is -3.75. The van der Waals surface area contributed by atoms with Crippen LogP contribution in [0, 0.1) is 0 Å². The molecule has 0 spiro atoms. The molecular formula is C10H13BrN2O4S. The Morgan fingerprint density at radius 2 is 2.22 bits per heavy atom. The van der Waals surface area contributed by atoms with Crippen LogP contribution in [0.2, 0.25) is 0 Å². The average molecular weight is 337 g/mol. The third-order valence-corrected chi connectivity index (χ3v) is 4.15. The van der Waals surface area contributed by atoms with Crippen molar-refractivity contribution in [1.82, 2.24) is 9.71 Å². The molecule has 0 aromatic carbocycles. The van der Waals surface area contributed by atoms with Crippen molar-refractivity contribution in [3.8, 4) is 0 Å². The summed E-state index contributed by atoms with van der Waals surface area (Å²) >= 11 is 3.13. The number of nitrogens with zero attached hydrogens (tertiary/aromatic N) is 1. The minimum Gasteiger partial charge on any atom is -0.481 e. The molecule has 1 unspecified atom stereocenters. The van der Waals surface area contributed by atoms with Crippen molar-refractivity contribution >= 4 is 31.9 Å². The van der Waals surface area contributed by atoms with Crippen molar-refractivity contribution in [3.05, 3.63) is 22.9 Å². The number of rotatable bonds is 6. The van der Waals surface area contributed by atoms with Crippen LogP contribution in [0.15, 0.2) is 27.8 Å². The van der Waals surface area contributed by atoms with E-state index >= 15 is 0 Å². The summed E-state index contributed by atoms with van der Waals surface area (Å²) in [6, 6.07) is 0.773. The Morgan fingerprint density at radius 1 is 1.56 bits per heavy atom. The third-order valence-electron chi connectivity index (χ3n) is 2.23. The molecule has 1 heterocycles. The van der Waals surface area contributed by atoms with E-state index in [1.165, 1.54) is 18.5 Å². The van der Waals surface area contributed by atoms with Gasteiger partial charge in [-0.2, -0.15) is 0 Å². The highest BCUT2D eigenvalue weighted by molar-refractivity contribution is 9.10. The van der Waals surface area contributed by atoms with Gasteiger partial charge in [-0.05, 0) is 28.4 Å². The van der Waals surface area contributed by atoms with Gasteiger partial charge in [-0.3, -0.25) is 9.78 Å². The fraction of sp³-hybridized carbons (Fsp3) is 0.400. The van der Waals surface area contributed by atoms with E-state index in [-0.39, 0.29) is 11.3 Å². The first-order valence-corrected chi connectivity index (χ1v) is 7.47. The number of sulfonamides is 1. The number of pyridine rings is 1. The zero-order valence-electron chi connectivity index (χ0n) is 9.63. The summed E-state index contributed by atoms with van der Waals surface area (Å²) in [6.07, 6.45) is 2.82. The molecule has 0 aliphatic heterocycles. The molecule has 0 radical (unpaired) electrons. The van der Waals surface area contributed by atoms with Gasteiger partial charge in [0.2, 0.25) is 10.0 Å². The molecule has 0 saturated heterocycles. The molecule has 1 aromatic heterocycles. The Hall–Kier alpha value is -0.990. The van der Waals surface area contributed by atoms with E-state index in [0.717, 1.165) is 0 Å². The van der Waals surface area contributed by atoms with Gasteiger partial charge < -0.3 is 5.11 Å². The Balaban J connectivity index is 2.90. The monoisotopic (exact) mass is 336 g/mol. The summed E-state index contributed by atoms with van der Waals surface area (Å²) < 4.78 is 26.8. The molecule has 8 heteroatoms. The average Bonchev–Trinajstić information content (AvgIpc) is 2.27. The van der Waals surface area contributed by atoms with Crippen LogP contribution < -0.4 is 4.72 Å². The number of carbonyl (C=O) groups is 1. The number of halogens is 1. The molecular weight excluding hydrogens is 324 g/mol. The van der Waals surface area contributed by atoms with Crippen LogP contribution >= 0.6 is 15.9 Å². The zero-order valence-corrected chi connectivity index (χ0v) is 12.0. The van der Waals surface area contributed by atoms with Crippen molar-refractivity contribution in [2.24, 2.45) is 0 Å². The molecule has 2 N–H and O–H groups in total. The number of aromatic nitrogens is 1. The highest BCUT2D eigenvalue weighted by Gasteiger charge is 2.21. The van der Waals surface area contributed by atoms with Crippen LogP contribution in [0.5, 0.6) is 0 Å². The van der Waals surface area contributed by atoms with E-state index in [9.17, 15) is 13.2 Å². The second-order valence-corrected chi connectivity index (χ2v) is 6.29. The Kier molecular flexibility index (Phi) is 5.24. The molecule has 6 nitrogen and oxygen atoms in total. The fourth-order valence-corrected chi connectivity index (χ4v) is 3.13. The van der Waals surface area contributed by atoms with E-state index in [0.29, 0.717) is 10.9 Å². The lowest BCUT2D eigenvalue weighted by molar-refractivity contribution is -0.137. The van der Waals surface area contributed by atoms with Crippen LogP contribution in [0.1, 0.15) is 19.8 Å². The maximum atomic E-state index is 12.0. The van der Waals surface area contributed by atoms with Crippen LogP contribution in [0.25, 0.3) is 0 Å². The Labute approximate surface area is 114 Å². The number of carboxylic acid groups (broad SMARTS) is 1. The molecule has 1 rings (SSSR count). The summed E-state index contributed by atoms with van der Waals surface area (Å²) in [7, 11) is -3.75. The predicted molar refractivity (Wildman–Crippen MR) is 68.6 cm³/mol. The van der Waals surface area contributed by atoms with Crippen LogP contribution in [-0.2, 0) is 14.8 Å². The van der Waals surface area contributed by atoms with Gasteiger partial charge in [0.25, 0.3) is 0 Å². The molecule has 0 aliphatic carbocycles. The third kappa shape index (κ3) is 4.35. The first-order chi connectivity index (χ1) is 8.35. The Bertz CT molecular complexity index is 532. The maximum Gasteiger partial charge on any atom is 0.304 e. The lowest BCUT2D eigenvalue weighted by Gasteiger charge is -2.14. The van der Waals surface area contributed by atoms with Crippen molar-refractivity contribution in [1.29, 1.82) is 0 Å². The van der Waals surface area contributed by atoms with Crippen molar-refractivity contribution in [2.75, 3.05) is 0 Å². The summed E-state index contributed by atoms with van der Waals surface area (Å²) in [5, 5.41) is 8.67. The van der Waals surface area contributed by atoms with Crippen molar-refractivity contribution < 1.29 is 18.3 Å². The molecule has 0 fully saturated rings. The smallest absolute Gasteiger partial charge is 0.304 e. The predicted octanol–water partition coefficient (Wildman–Crippen LogP) is 1.38. The maximum absolute atomic E-state index is 12.0. The largest absolute Gasteiger partial charge is 0.481 e. The quantitative estimate of drug-likeness (QED) is 0.817. The molecule has 0 amide bonds. The number of aliphatic carboxylic acids is 1. The Morgan fingerprint density at radius 3 is 2.72 bits per heavy atom. The molecule has 0 saturated carbocycles. The number of hydrogen-bond donors (Lipinski definition) is 2. The zero-order chi connectivity index (χ0) is 13.8. The van der Waals surface area contributed by atoms with Crippen LogP contribution in [0.4, 0.5) is 0 Å². The normalized spacial score (nSPS) is 13.2. The second-order valence-electron chi connectivity index (χ2n) is 3.66. The van der Waals surface area contributed by atoms with E-state index in [1.54, 1.807) is 6.92 Å². The topological polar surface area (TPSA) is 96.4 Å². The van der Waals surface area contributed by atoms with E-state index in [2.05, 4.69) is 25.6 Å². The SMILES string of the molecule is CCC(CC(=O)O)NS(=O)(=O)c1cncc(Br)c1. The number of nitrogens with one attached hydrogen (secondary N) is 1. The standard InChI is InChI=1S/C10H13BrN2O4S/c1-2-8(4-10(14)15)13-18(16,17)9-3-7(11)5-12-6-9/h3,5-6,8,13H,2,4H2,1H3,(H,14,15). The first kappa shape index (κ1) is 15.1. The lowest BCUT2D eigenvalue weighted by Crippen LogP contribution is -2.36. The highest BCUT2D eigenvalue weighted by atomic mass is 79.9. The molecule has 18 heavy (non-hydrogen) atoms. The van der Waals surface area contributed by atoms with Gasteiger partial charge in [0.1, 0.15) is 4.90 Å². The summed E-state index contributed by atoms with van der Waals surface area (Å²) in [6.45, 7) is 1.72. The number of hydrogen-bond acceptors (Lipinski definition) is 4. The molecule has 1 atom stereocenters. The van der Waals surface area contributed by atoms with Crippen molar-refractivity contribution in [3.63, 3.8) is 0 Å². The van der Waals surface area contributed by atoms with Gasteiger partial charge in [-0.25, -0.2) is 13.1 Å². The highest BCUT2D eigenvalue weighted by Crippen LogP contribution is 2.15. The minimum absolute atomic E-state index is 0.000661. The second kappa shape index (κ2) is 6.26. The summed E-state index contributed by atoms with van der Waals surface area (Å²) in [4.78, 5) is 14.4. The van der Waals surface area contributed by atoms with E-state index in [1.807, 2.05) is 0 Å². The van der Waals surface area contributed by atoms with Crippen LogP contribution in [-0.4, -0.2) is 30.5 Å². The van der Waals surface area contributed by atoms with Gasteiger partial charge in [0.05, 0.1) is 6.42 Å². The molecule has 0 aliphatic rings. The van der Waals surface area contributed by atoms with Gasteiger partial charge in [0.15, 0.2) is 0 Å². The van der Waals surface area contributed by atoms with Gasteiger partial charge >= 0.3 is 5.97 Å². The molecule has 1 aromatic rings. The molecule has 100 valence electrons. The van der Waals surface area contributed by atoms with Gasteiger partial charge in [-0.1, -0.05) is 6.92 Å². The molecule has 0 bridgehead atoms. The first-order valence-electron chi connectivity index (χ1n) is 5.20. The van der Waals surface area contributed by atoms with E-state index in [4.69, 9.17) is 5.11 Å². The number of carboxylic acids is 1. The van der Waals surface area contributed by atoms with Gasteiger partial charge in [0, 0.05) is 22.9 Å². The van der Waals surface area contributed by atoms with E-state index < -0.39 is 22.0 Å². The van der Waals surface area contributed by atoms with Crippen molar-refractivity contribution in [2.45, 2.75) is 30.7 Å². The van der Waals surface area contributed by atoms with Crippen LogP contribution in [0.3, 0.4) is 0 Å². The summed E-state index contributed by atoms with van der Waals surface area (Å²) in [5.74, 6) is -1.04.